The zero-order chi connectivity index (χ0) is 19.8. The lowest BCUT2D eigenvalue weighted by Gasteiger charge is -2.12. The van der Waals surface area contributed by atoms with Gasteiger partial charge in [-0.25, -0.2) is 4.79 Å². The van der Waals surface area contributed by atoms with Gasteiger partial charge in [-0.3, -0.25) is 4.79 Å². The lowest BCUT2D eigenvalue weighted by Crippen LogP contribution is -2.25. The van der Waals surface area contributed by atoms with Crippen LogP contribution < -0.4 is 10.1 Å². The van der Waals surface area contributed by atoms with E-state index < -0.39 is 0 Å². The molecule has 3 rings (SSSR count). The molecule has 6 heteroatoms. The summed E-state index contributed by atoms with van der Waals surface area (Å²) in [6.07, 6.45) is 2.97. The molecule has 1 amide bonds. The molecule has 1 atom stereocenters. The van der Waals surface area contributed by atoms with Crippen molar-refractivity contribution in [1.29, 1.82) is 0 Å². The number of hydrogen-bond donors (Lipinski definition) is 1. The van der Waals surface area contributed by atoms with Gasteiger partial charge in [0.15, 0.2) is 0 Å². The molecule has 0 aliphatic carbocycles. The average Bonchev–Trinajstić information content (AvgIpc) is 3.26. The van der Waals surface area contributed by atoms with Crippen molar-refractivity contribution < 1.29 is 23.8 Å². The molecule has 1 aliphatic heterocycles. The predicted octanol–water partition coefficient (Wildman–Crippen LogP) is 3.00. The first-order valence-corrected chi connectivity index (χ1v) is 9.45. The van der Waals surface area contributed by atoms with Crippen LogP contribution >= 0.6 is 0 Å². The van der Waals surface area contributed by atoms with Crippen molar-refractivity contribution in [2.45, 2.75) is 25.4 Å². The molecule has 2 aromatic carbocycles. The third-order valence-electron chi connectivity index (χ3n) is 4.65. The maximum Gasteiger partial charge on any atom is 0.337 e. The van der Waals surface area contributed by atoms with E-state index in [1.54, 1.807) is 36.4 Å². The largest absolute Gasteiger partial charge is 0.491 e. The van der Waals surface area contributed by atoms with Gasteiger partial charge in [-0.1, -0.05) is 12.1 Å². The zero-order valence-electron chi connectivity index (χ0n) is 16.0. The first-order valence-electron chi connectivity index (χ1n) is 9.45. The first-order chi connectivity index (χ1) is 13.7. The van der Waals surface area contributed by atoms with E-state index in [0.29, 0.717) is 30.7 Å². The molecule has 28 heavy (non-hydrogen) atoms. The van der Waals surface area contributed by atoms with E-state index in [-0.39, 0.29) is 18.0 Å². The van der Waals surface area contributed by atoms with Crippen LogP contribution in [-0.2, 0) is 15.9 Å². The van der Waals surface area contributed by atoms with Gasteiger partial charge in [-0.2, -0.15) is 0 Å². The van der Waals surface area contributed by atoms with Crippen LogP contribution in [0.25, 0.3) is 0 Å². The second-order valence-corrected chi connectivity index (χ2v) is 6.66. The Morgan fingerprint density at radius 2 is 1.79 bits per heavy atom. The minimum atomic E-state index is -0.358. The summed E-state index contributed by atoms with van der Waals surface area (Å²) in [5.41, 5.74) is 2.13. The van der Waals surface area contributed by atoms with Crippen LogP contribution in [0, 0.1) is 0 Å². The number of hydrogen-bond acceptors (Lipinski definition) is 5. The second kappa shape index (κ2) is 9.90. The summed E-state index contributed by atoms with van der Waals surface area (Å²) in [4.78, 5) is 23.7. The molecular weight excluding hydrogens is 358 g/mol. The molecule has 2 aromatic rings. The summed E-state index contributed by atoms with van der Waals surface area (Å²) in [5, 5.41) is 2.90. The Balaban J connectivity index is 1.42. The molecule has 0 saturated carbocycles. The fourth-order valence-electron chi connectivity index (χ4n) is 3.02. The number of esters is 1. The quantitative estimate of drug-likeness (QED) is 0.710. The second-order valence-electron chi connectivity index (χ2n) is 6.66. The highest BCUT2D eigenvalue weighted by molar-refractivity contribution is 5.94. The molecule has 0 bridgehead atoms. The highest BCUT2D eigenvalue weighted by Crippen LogP contribution is 2.16. The molecule has 1 aliphatic rings. The Hall–Kier alpha value is -2.86. The van der Waals surface area contributed by atoms with Crippen LogP contribution in [0.1, 0.15) is 39.1 Å². The molecule has 6 nitrogen and oxygen atoms in total. The van der Waals surface area contributed by atoms with Crippen molar-refractivity contribution in [3.63, 3.8) is 0 Å². The fourth-order valence-corrected chi connectivity index (χ4v) is 3.02. The summed E-state index contributed by atoms with van der Waals surface area (Å²) in [6, 6.07) is 14.3. The lowest BCUT2D eigenvalue weighted by molar-refractivity contribution is 0.0600. The molecule has 0 aromatic heterocycles. The topological polar surface area (TPSA) is 73.9 Å². The van der Waals surface area contributed by atoms with Gasteiger partial charge in [0.25, 0.3) is 5.91 Å². The molecule has 1 N–H and O–H groups in total. The predicted molar refractivity (Wildman–Crippen MR) is 105 cm³/mol. The number of rotatable bonds is 8. The number of carbonyl (C=O) groups excluding carboxylic acids is 2. The lowest BCUT2D eigenvalue weighted by atomic mass is 10.1. The van der Waals surface area contributed by atoms with Gasteiger partial charge in [0.2, 0.25) is 0 Å². The van der Waals surface area contributed by atoms with E-state index in [1.165, 1.54) is 7.11 Å². The summed E-state index contributed by atoms with van der Waals surface area (Å²) < 4.78 is 15.9. The Labute approximate surface area is 164 Å². The van der Waals surface area contributed by atoms with Gasteiger partial charge in [-0.15, -0.1) is 0 Å². The molecule has 0 radical (unpaired) electrons. The first kappa shape index (κ1) is 19.9. The third kappa shape index (κ3) is 5.57. The van der Waals surface area contributed by atoms with E-state index >= 15 is 0 Å². The SMILES string of the molecule is COC(=O)c1ccc(CCNC(=O)c2ccc(OCC3CCCO3)cc2)cc1. The van der Waals surface area contributed by atoms with E-state index in [1.807, 2.05) is 12.1 Å². The van der Waals surface area contributed by atoms with Gasteiger partial charge >= 0.3 is 5.97 Å². The molecule has 1 unspecified atom stereocenters. The van der Waals surface area contributed by atoms with Crippen molar-refractivity contribution in [3.05, 3.63) is 65.2 Å². The van der Waals surface area contributed by atoms with E-state index in [2.05, 4.69) is 10.1 Å². The Kier molecular flexibility index (Phi) is 7.03. The summed E-state index contributed by atoms with van der Waals surface area (Å²) in [6.45, 7) is 1.86. The van der Waals surface area contributed by atoms with Crippen LogP contribution in [-0.4, -0.2) is 44.8 Å². The number of ether oxygens (including phenoxy) is 3. The number of amides is 1. The normalized spacial score (nSPS) is 15.8. The van der Waals surface area contributed by atoms with Gasteiger partial charge in [0, 0.05) is 18.7 Å². The minimum absolute atomic E-state index is 0.128. The van der Waals surface area contributed by atoms with E-state index in [9.17, 15) is 9.59 Å². The standard InChI is InChI=1S/C22H25NO5/c1-26-22(25)18-6-4-16(5-7-18)12-13-23-21(24)17-8-10-19(11-9-17)28-15-20-3-2-14-27-20/h4-11,20H,2-3,12-15H2,1H3,(H,23,24). The monoisotopic (exact) mass is 383 g/mol. The summed E-state index contributed by atoms with van der Waals surface area (Å²) in [5.74, 6) is 0.248. The van der Waals surface area contributed by atoms with Gasteiger partial charge in [-0.05, 0) is 61.2 Å². The van der Waals surface area contributed by atoms with Crippen LogP contribution in [0.2, 0.25) is 0 Å². The van der Waals surface area contributed by atoms with E-state index in [0.717, 1.165) is 30.8 Å². The molecule has 1 saturated heterocycles. The highest BCUT2D eigenvalue weighted by Gasteiger charge is 2.16. The highest BCUT2D eigenvalue weighted by atomic mass is 16.5. The van der Waals surface area contributed by atoms with Gasteiger partial charge in [0.1, 0.15) is 12.4 Å². The third-order valence-corrected chi connectivity index (χ3v) is 4.65. The zero-order valence-corrected chi connectivity index (χ0v) is 16.0. The molecule has 0 spiro atoms. The average molecular weight is 383 g/mol. The van der Waals surface area contributed by atoms with Crippen molar-refractivity contribution >= 4 is 11.9 Å². The smallest absolute Gasteiger partial charge is 0.337 e. The molecule has 1 fully saturated rings. The maximum absolute atomic E-state index is 12.3. The van der Waals surface area contributed by atoms with Crippen molar-refractivity contribution in [2.75, 3.05) is 26.9 Å². The van der Waals surface area contributed by atoms with Crippen molar-refractivity contribution in [2.24, 2.45) is 0 Å². The minimum Gasteiger partial charge on any atom is -0.491 e. The number of benzene rings is 2. The van der Waals surface area contributed by atoms with Crippen LogP contribution in [0.15, 0.2) is 48.5 Å². The Morgan fingerprint density at radius 1 is 1.07 bits per heavy atom. The van der Waals surface area contributed by atoms with Crippen LogP contribution in [0.4, 0.5) is 0 Å². The Morgan fingerprint density at radius 3 is 2.43 bits per heavy atom. The number of methoxy groups -OCH3 is 1. The molecule has 148 valence electrons. The van der Waals surface area contributed by atoms with Crippen molar-refractivity contribution in [3.8, 4) is 5.75 Å². The number of nitrogens with one attached hydrogen (secondary N) is 1. The molecule has 1 heterocycles. The molecular formula is C22H25NO5. The Bertz CT molecular complexity index is 780. The van der Waals surface area contributed by atoms with Crippen LogP contribution in [0.5, 0.6) is 5.75 Å². The van der Waals surface area contributed by atoms with Crippen LogP contribution in [0.3, 0.4) is 0 Å². The van der Waals surface area contributed by atoms with Gasteiger partial charge < -0.3 is 19.5 Å². The maximum atomic E-state index is 12.3. The van der Waals surface area contributed by atoms with Crippen molar-refractivity contribution in [1.82, 2.24) is 5.32 Å². The van der Waals surface area contributed by atoms with Gasteiger partial charge in [0.05, 0.1) is 18.8 Å². The summed E-state index contributed by atoms with van der Waals surface area (Å²) >= 11 is 0. The summed E-state index contributed by atoms with van der Waals surface area (Å²) in [7, 11) is 1.36. The fraction of sp³-hybridized carbons (Fsp3) is 0.364. The van der Waals surface area contributed by atoms with E-state index in [4.69, 9.17) is 9.47 Å². The number of carbonyl (C=O) groups is 2.